The molecule has 1 aliphatic carbocycles. The topological polar surface area (TPSA) is 50.8 Å². The van der Waals surface area contributed by atoms with Gasteiger partial charge in [0.2, 0.25) is 0 Å². The van der Waals surface area contributed by atoms with Gasteiger partial charge in [-0.2, -0.15) is 0 Å². The predicted octanol–water partition coefficient (Wildman–Crippen LogP) is 4.44. The van der Waals surface area contributed by atoms with Gasteiger partial charge >= 0.3 is 6.03 Å². The summed E-state index contributed by atoms with van der Waals surface area (Å²) in [6.45, 7) is 2.58. The van der Waals surface area contributed by atoms with Crippen molar-refractivity contribution in [2.24, 2.45) is 5.92 Å². The number of nitrogens with zero attached hydrogens (tertiary/aromatic N) is 1. The summed E-state index contributed by atoms with van der Waals surface area (Å²) in [5.74, 6) is 0.580. The molecule has 0 bridgehead atoms. The molecule has 2 fully saturated rings. The Morgan fingerprint density at radius 3 is 2.79 bits per heavy atom. The Morgan fingerprint density at radius 2 is 2.04 bits per heavy atom. The molecule has 2 amide bonds. The quantitative estimate of drug-likeness (QED) is 0.768. The maximum atomic E-state index is 13.3. The molecule has 1 heterocycles. The van der Waals surface area contributed by atoms with Crippen molar-refractivity contribution in [3.05, 3.63) is 59.9 Å². The van der Waals surface area contributed by atoms with Gasteiger partial charge in [0.05, 0.1) is 6.61 Å². The third-order valence-corrected chi connectivity index (χ3v) is 5.11. The Balaban J connectivity index is 1.35. The van der Waals surface area contributed by atoms with Crippen LogP contribution >= 0.6 is 0 Å². The van der Waals surface area contributed by atoms with E-state index in [0.29, 0.717) is 24.3 Å². The first-order valence-corrected chi connectivity index (χ1v) is 9.80. The van der Waals surface area contributed by atoms with Gasteiger partial charge in [-0.05, 0) is 49.1 Å². The van der Waals surface area contributed by atoms with Crippen LogP contribution in [0.5, 0.6) is 5.75 Å². The van der Waals surface area contributed by atoms with Crippen molar-refractivity contribution in [1.29, 1.82) is 0 Å². The van der Waals surface area contributed by atoms with Crippen molar-refractivity contribution in [2.75, 3.05) is 25.1 Å². The van der Waals surface area contributed by atoms with E-state index in [1.165, 1.54) is 12.1 Å². The van der Waals surface area contributed by atoms with Crippen molar-refractivity contribution < 1.29 is 18.7 Å². The lowest BCUT2D eigenvalue weighted by molar-refractivity contribution is 0.167. The molecule has 5 nitrogen and oxygen atoms in total. The lowest BCUT2D eigenvalue weighted by Gasteiger charge is -2.25. The standard InChI is InChI=1S/C22H25FN2O3/c23-18-4-2-6-21(12-18)28-15-16-3-1-5-19(11-16)24-22(26)25(20-7-8-20)13-17-9-10-27-14-17/h1-6,11-12,17,20H,7-10,13-15H2,(H,24,26). The van der Waals surface area contributed by atoms with Crippen molar-refractivity contribution in [2.45, 2.75) is 31.9 Å². The molecule has 1 saturated carbocycles. The van der Waals surface area contributed by atoms with Crippen LogP contribution in [0.2, 0.25) is 0 Å². The van der Waals surface area contributed by atoms with Crippen LogP contribution < -0.4 is 10.1 Å². The summed E-state index contributed by atoms with van der Waals surface area (Å²) in [5, 5.41) is 3.02. The molecular formula is C22H25FN2O3. The highest BCUT2D eigenvalue weighted by Crippen LogP contribution is 2.29. The van der Waals surface area contributed by atoms with Crippen LogP contribution in [0.25, 0.3) is 0 Å². The van der Waals surface area contributed by atoms with Gasteiger partial charge in [-0.1, -0.05) is 18.2 Å². The van der Waals surface area contributed by atoms with Crippen LogP contribution in [0.1, 0.15) is 24.8 Å². The van der Waals surface area contributed by atoms with Crippen LogP contribution in [0.15, 0.2) is 48.5 Å². The van der Waals surface area contributed by atoms with E-state index in [9.17, 15) is 9.18 Å². The molecule has 1 atom stereocenters. The van der Waals surface area contributed by atoms with E-state index in [1.807, 2.05) is 29.2 Å². The lowest BCUT2D eigenvalue weighted by atomic mass is 10.1. The first-order valence-electron chi connectivity index (χ1n) is 9.80. The van der Waals surface area contributed by atoms with Crippen LogP contribution in [0.4, 0.5) is 14.9 Å². The second kappa shape index (κ2) is 8.61. The molecule has 1 aliphatic heterocycles. The van der Waals surface area contributed by atoms with Gasteiger partial charge in [0.25, 0.3) is 0 Å². The zero-order valence-electron chi connectivity index (χ0n) is 15.8. The number of hydrogen-bond donors (Lipinski definition) is 1. The number of carbonyl (C=O) groups excluding carboxylic acids is 1. The summed E-state index contributed by atoms with van der Waals surface area (Å²) in [6, 6.07) is 13.9. The number of anilines is 1. The molecule has 0 aromatic heterocycles. The molecule has 6 heteroatoms. The maximum Gasteiger partial charge on any atom is 0.322 e. The first kappa shape index (κ1) is 18.7. The minimum atomic E-state index is -0.327. The SMILES string of the molecule is O=C(Nc1cccc(COc2cccc(F)c2)c1)N(CC1CCOC1)C1CC1. The van der Waals surface area contributed by atoms with Crippen LogP contribution in [0, 0.1) is 11.7 Å². The van der Waals surface area contributed by atoms with Crippen LogP contribution in [-0.4, -0.2) is 36.7 Å². The average molecular weight is 384 g/mol. The Bertz CT molecular complexity index is 819. The van der Waals surface area contributed by atoms with Gasteiger partial charge in [-0.25, -0.2) is 9.18 Å². The lowest BCUT2D eigenvalue weighted by Crippen LogP contribution is -2.40. The molecule has 1 N–H and O–H groups in total. The third kappa shape index (κ3) is 5.01. The van der Waals surface area contributed by atoms with Crippen molar-refractivity contribution in [1.82, 2.24) is 4.90 Å². The molecule has 1 saturated heterocycles. The number of amides is 2. The number of rotatable bonds is 7. The molecule has 2 aromatic rings. The number of hydrogen-bond acceptors (Lipinski definition) is 3. The Kier molecular flexibility index (Phi) is 5.76. The molecule has 148 valence electrons. The number of benzene rings is 2. The first-order chi connectivity index (χ1) is 13.7. The summed E-state index contributed by atoms with van der Waals surface area (Å²) < 4.78 is 24.3. The van der Waals surface area contributed by atoms with E-state index in [0.717, 1.165) is 50.3 Å². The molecule has 4 rings (SSSR count). The van der Waals surface area contributed by atoms with E-state index >= 15 is 0 Å². The van der Waals surface area contributed by atoms with Crippen molar-refractivity contribution in [3.8, 4) is 5.75 Å². The van der Waals surface area contributed by atoms with Gasteiger partial charge in [0.1, 0.15) is 18.2 Å². The summed E-state index contributed by atoms with van der Waals surface area (Å²) in [7, 11) is 0. The zero-order valence-corrected chi connectivity index (χ0v) is 15.8. The number of urea groups is 1. The second-order valence-corrected chi connectivity index (χ2v) is 7.49. The number of carbonyl (C=O) groups is 1. The van der Waals surface area contributed by atoms with Crippen molar-refractivity contribution >= 4 is 11.7 Å². The fourth-order valence-corrected chi connectivity index (χ4v) is 3.45. The van der Waals surface area contributed by atoms with Gasteiger partial charge < -0.3 is 19.7 Å². The highest BCUT2D eigenvalue weighted by Gasteiger charge is 2.34. The fourth-order valence-electron chi connectivity index (χ4n) is 3.45. The molecule has 2 aromatic carbocycles. The van der Waals surface area contributed by atoms with Gasteiger partial charge in [0.15, 0.2) is 0 Å². The smallest absolute Gasteiger partial charge is 0.322 e. The van der Waals surface area contributed by atoms with Gasteiger partial charge in [-0.15, -0.1) is 0 Å². The summed E-state index contributed by atoms with van der Waals surface area (Å²) in [6.07, 6.45) is 3.16. The zero-order chi connectivity index (χ0) is 19.3. The Labute approximate surface area is 164 Å². The molecular weight excluding hydrogens is 359 g/mol. The van der Waals surface area contributed by atoms with Crippen LogP contribution in [0.3, 0.4) is 0 Å². The van der Waals surface area contributed by atoms with E-state index in [2.05, 4.69) is 5.32 Å². The third-order valence-electron chi connectivity index (χ3n) is 5.11. The molecule has 2 aliphatic rings. The highest BCUT2D eigenvalue weighted by molar-refractivity contribution is 5.89. The molecule has 28 heavy (non-hydrogen) atoms. The Hall–Kier alpha value is -2.60. The second-order valence-electron chi connectivity index (χ2n) is 7.49. The van der Waals surface area contributed by atoms with Gasteiger partial charge in [0, 0.05) is 36.9 Å². The minimum absolute atomic E-state index is 0.0578. The summed E-state index contributed by atoms with van der Waals surface area (Å²) in [4.78, 5) is 14.8. The molecule has 1 unspecified atom stereocenters. The predicted molar refractivity (Wildman–Crippen MR) is 105 cm³/mol. The average Bonchev–Trinajstić information content (AvgIpc) is 3.40. The maximum absolute atomic E-state index is 13.3. The molecule has 0 spiro atoms. The number of halogens is 1. The minimum Gasteiger partial charge on any atom is -0.489 e. The van der Waals surface area contributed by atoms with Crippen molar-refractivity contribution in [3.63, 3.8) is 0 Å². The largest absolute Gasteiger partial charge is 0.489 e. The van der Waals surface area contributed by atoms with E-state index in [1.54, 1.807) is 12.1 Å². The normalized spacial score (nSPS) is 18.7. The van der Waals surface area contributed by atoms with E-state index in [4.69, 9.17) is 9.47 Å². The Morgan fingerprint density at radius 1 is 1.18 bits per heavy atom. The van der Waals surface area contributed by atoms with E-state index in [-0.39, 0.29) is 11.8 Å². The van der Waals surface area contributed by atoms with Gasteiger partial charge in [-0.3, -0.25) is 0 Å². The highest BCUT2D eigenvalue weighted by atomic mass is 19.1. The number of nitrogens with one attached hydrogen (secondary N) is 1. The van der Waals surface area contributed by atoms with Crippen LogP contribution in [-0.2, 0) is 11.3 Å². The summed E-state index contributed by atoms with van der Waals surface area (Å²) >= 11 is 0. The summed E-state index contributed by atoms with van der Waals surface area (Å²) in [5.41, 5.74) is 1.64. The monoisotopic (exact) mass is 384 g/mol. The number of ether oxygens (including phenoxy) is 2. The van der Waals surface area contributed by atoms with E-state index < -0.39 is 0 Å². The molecule has 0 radical (unpaired) electrons. The fraction of sp³-hybridized carbons (Fsp3) is 0.409.